The van der Waals surface area contributed by atoms with E-state index < -0.39 is 0 Å². The maximum absolute atomic E-state index is 5.44. The minimum atomic E-state index is 0.804. The number of aryl methyl sites for hydroxylation is 1. The van der Waals surface area contributed by atoms with Crippen LogP contribution in [0.15, 0.2) is 24.3 Å². The number of piperazine rings is 1. The van der Waals surface area contributed by atoms with Gasteiger partial charge in [-0.1, -0.05) is 18.2 Å². The van der Waals surface area contributed by atoms with Crippen molar-refractivity contribution in [2.75, 3.05) is 45.9 Å². The SMILES string of the molecule is CCOCCN1CCN(Cc2nc(C)c3ccccc3n2)CC1. The molecule has 0 N–H and O–H groups in total. The molecule has 1 aromatic heterocycles. The maximum atomic E-state index is 5.44. The highest BCUT2D eigenvalue weighted by molar-refractivity contribution is 5.80. The van der Waals surface area contributed by atoms with Crippen LogP contribution in [0, 0.1) is 6.92 Å². The third kappa shape index (κ3) is 4.25. The highest BCUT2D eigenvalue weighted by Gasteiger charge is 2.18. The number of rotatable bonds is 6. The van der Waals surface area contributed by atoms with Crippen LogP contribution in [-0.4, -0.2) is 65.7 Å². The van der Waals surface area contributed by atoms with Crippen LogP contribution >= 0.6 is 0 Å². The van der Waals surface area contributed by atoms with Crippen LogP contribution in [0.3, 0.4) is 0 Å². The Balaban J connectivity index is 1.56. The molecule has 0 spiro atoms. The van der Waals surface area contributed by atoms with Crippen LogP contribution in [0.25, 0.3) is 10.9 Å². The second-order valence-corrected chi connectivity index (χ2v) is 6.06. The summed E-state index contributed by atoms with van der Waals surface area (Å²) in [5.41, 5.74) is 2.12. The first-order chi connectivity index (χ1) is 11.3. The number of ether oxygens (including phenoxy) is 1. The van der Waals surface area contributed by atoms with E-state index in [1.807, 2.05) is 19.1 Å². The number of aromatic nitrogens is 2. The average molecular weight is 314 g/mol. The van der Waals surface area contributed by atoms with Crippen molar-refractivity contribution in [3.63, 3.8) is 0 Å². The second kappa shape index (κ2) is 7.81. The highest BCUT2D eigenvalue weighted by atomic mass is 16.5. The van der Waals surface area contributed by atoms with Gasteiger partial charge in [0.25, 0.3) is 0 Å². The minimum Gasteiger partial charge on any atom is -0.380 e. The second-order valence-electron chi connectivity index (χ2n) is 6.06. The summed E-state index contributed by atoms with van der Waals surface area (Å²) < 4.78 is 5.44. The molecule has 0 amide bonds. The summed E-state index contributed by atoms with van der Waals surface area (Å²) >= 11 is 0. The smallest absolute Gasteiger partial charge is 0.143 e. The van der Waals surface area contributed by atoms with E-state index in [0.717, 1.165) is 74.9 Å². The highest BCUT2D eigenvalue weighted by Crippen LogP contribution is 2.15. The van der Waals surface area contributed by atoms with E-state index >= 15 is 0 Å². The largest absolute Gasteiger partial charge is 0.380 e. The van der Waals surface area contributed by atoms with Gasteiger partial charge >= 0.3 is 0 Å². The lowest BCUT2D eigenvalue weighted by Crippen LogP contribution is -2.47. The number of hydrogen-bond acceptors (Lipinski definition) is 5. The molecule has 5 heteroatoms. The van der Waals surface area contributed by atoms with Gasteiger partial charge in [0.1, 0.15) is 5.82 Å². The molecule has 1 aliphatic rings. The Morgan fingerprint density at radius 1 is 1.04 bits per heavy atom. The quantitative estimate of drug-likeness (QED) is 0.764. The first-order valence-electron chi connectivity index (χ1n) is 8.51. The third-order valence-electron chi connectivity index (χ3n) is 4.43. The van der Waals surface area contributed by atoms with E-state index in [-0.39, 0.29) is 0 Å². The Bertz CT molecular complexity index is 638. The summed E-state index contributed by atoms with van der Waals surface area (Å²) in [6, 6.07) is 8.24. The van der Waals surface area contributed by atoms with Crippen LogP contribution in [0.4, 0.5) is 0 Å². The zero-order valence-corrected chi connectivity index (χ0v) is 14.2. The fourth-order valence-electron chi connectivity index (χ4n) is 3.07. The van der Waals surface area contributed by atoms with Gasteiger partial charge in [0, 0.05) is 50.4 Å². The average Bonchev–Trinajstić information content (AvgIpc) is 2.57. The predicted molar refractivity (Wildman–Crippen MR) is 92.5 cm³/mol. The fraction of sp³-hybridized carbons (Fsp3) is 0.556. The molecule has 1 saturated heterocycles. The molecule has 0 radical (unpaired) electrons. The zero-order chi connectivity index (χ0) is 16.1. The lowest BCUT2D eigenvalue weighted by molar-refractivity contribution is 0.0778. The molecule has 5 nitrogen and oxygen atoms in total. The fourth-order valence-corrected chi connectivity index (χ4v) is 3.07. The van der Waals surface area contributed by atoms with E-state index in [9.17, 15) is 0 Å². The van der Waals surface area contributed by atoms with Gasteiger partial charge in [0.05, 0.1) is 18.7 Å². The lowest BCUT2D eigenvalue weighted by Gasteiger charge is -2.34. The Morgan fingerprint density at radius 2 is 1.78 bits per heavy atom. The summed E-state index contributed by atoms with van der Waals surface area (Å²) in [4.78, 5) is 14.3. The van der Waals surface area contributed by atoms with Gasteiger partial charge in [-0.3, -0.25) is 9.80 Å². The van der Waals surface area contributed by atoms with E-state index in [0.29, 0.717) is 0 Å². The summed E-state index contributed by atoms with van der Waals surface area (Å²) in [5.74, 6) is 0.934. The van der Waals surface area contributed by atoms with Gasteiger partial charge < -0.3 is 4.74 Å². The zero-order valence-electron chi connectivity index (χ0n) is 14.2. The molecule has 0 atom stereocenters. The standard InChI is InChI=1S/C18H26N4O/c1-3-23-13-12-21-8-10-22(11-9-21)14-18-19-15(2)16-6-4-5-7-17(16)20-18/h4-7H,3,8-14H2,1-2H3. The Hall–Kier alpha value is -1.56. The van der Waals surface area contributed by atoms with Crippen molar-refractivity contribution in [2.45, 2.75) is 20.4 Å². The molecule has 2 heterocycles. The van der Waals surface area contributed by atoms with Gasteiger partial charge in [-0.15, -0.1) is 0 Å². The van der Waals surface area contributed by atoms with Gasteiger partial charge in [-0.25, -0.2) is 9.97 Å². The van der Waals surface area contributed by atoms with Crippen molar-refractivity contribution in [3.8, 4) is 0 Å². The van der Waals surface area contributed by atoms with E-state index in [2.05, 4.69) is 33.8 Å². The lowest BCUT2D eigenvalue weighted by atomic mass is 10.2. The molecular formula is C18H26N4O. The third-order valence-corrected chi connectivity index (χ3v) is 4.43. The number of nitrogens with zero attached hydrogens (tertiary/aromatic N) is 4. The Morgan fingerprint density at radius 3 is 2.57 bits per heavy atom. The van der Waals surface area contributed by atoms with Crippen LogP contribution in [0.5, 0.6) is 0 Å². The van der Waals surface area contributed by atoms with Crippen molar-refractivity contribution >= 4 is 10.9 Å². The van der Waals surface area contributed by atoms with Gasteiger partial charge in [-0.05, 0) is 19.9 Å². The first kappa shape index (κ1) is 16.3. The van der Waals surface area contributed by atoms with Crippen molar-refractivity contribution in [1.29, 1.82) is 0 Å². The van der Waals surface area contributed by atoms with Gasteiger partial charge in [0.2, 0.25) is 0 Å². The predicted octanol–water partition coefficient (Wildman–Crippen LogP) is 2.09. The molecule has 3 rings (SSSR count). The van der Waals surface area contributed by atoms with Crippen molar-refractivity contribution < 1.29 is 4.74 Å². The number of para-hydroxylation sites is 1. The Kier molecular flexibility index (Phi) is 5.54. The molecule has 124 valence electrons. The molecule has 1 fully saturated rings. The van der Waals surface area contributed by atoms with E-state index in [1.165, 1.54) is 0 Å². The van der Waals surface area contributed by atoms with Gasteiger partial charge in [-0.2, -0.15) is 0 Å². The molecule has 0 unspecified atom stereocenters. The van der Waals surface area contributed by atoms with Crippen molar-refractivity contribution in [2.24, 2.45) is 0 Å². The van der Waals surface area contributed by atoms with Crippen LogP contribution in [0.1, 0.15) is 18.4 Å². The van der Waals surface area contributed by atoms with Crippen molar-refractivity contribution in [1.82, 2.24) is 19.8 Å². The number of benzene rings is 1. The molecule has 2 aromatic rings. The normalized spacial score (nSPS) is 17.0. The summed E-state index contributed by atoms with van der Waals surface area (Å²) in [6.07, 6.45) is 0. The van der Waals surface area contributed by atoms with Crippen molar-refractivity contribution in [3.05, 3.63) is 35.8 Å². The van der Waals surface area contributed by atoms with Crippen LogP contribution in [0.2, 0.25) is 0 Å². The molecule has 0 bridgehead atoms. The molecule has 1 aliphatic heterocycles. The summed E-state index contributed by atoms with van der Waals surface area (Å²) in [6.45, 7) is 12.0. The van der Waals surface area contributed by atoms with Crippen LogP contribution in [-0.2, 0) is 11.3 Å². The minimum absolute atomic E-state index is 0.804. The molecule has 0 aliphatic carbocycles. The summed E-state index contributed by atoms with van der Waals surface area (Å²) in [5, 5.41) is 1.15. The van der Waals surface area contributed by atoms with E-state index in [4.69, 9.17) is 9.72 Å². The maximum Gasteiger partial charge on any atom is 0.143 e. The monoisotopic (exact) mass is 314 g/mol. The van der Waals surface area contributed by atoms with Crippen LogP contribution < -0.4 is 0 Å². The summed E-state index contributed by atoms with van der Waals surface area (Å²) in [7, 11) is 0. The Labute approximate surface area is 138 Å². The first-order valence-corrected chi connectivity index (χ1v) is 8.51. The molecular weight excluding hydrogens is 288 g/mol. The van der Waals surface area contributed by atoms with Gasteiger partial charge in [0.15, 0.2) is 0 Å². The molecule has 1 aromatic carbocycles. The number of fused-ring (bicyclic) bond motifs is 1. The molecule has 0 saturated carbocycles. The van der Waals surface area contributed by atoms with E-state index in [1.54, 1.807) is 0 Å². The topological polar surface area (TPSA) is 41.5 Å². The number of hydrogen-bond donors (Lipinski definition) is 0. The molecule has 23 heavy (non-hydrogen) atoms.